The van der Waals surface area contributed by atoms with Crippen LogP contribution in [0.2, 0.25) is 0 Å². The lowest BCUT2D eigenvalue weighted by molar-refractivity contribution is -0.117. The summed E-state index contributed by atoms with van der Waals surface area (Å²) in [4.78, 5) is 38.1. The minimum Gasteiger partial charge on any atom is -0.465 e. The van der Waals surface area contributed by atoms with Crippen LogP contribution in [-0.4, -0.2) is 56.6 Å². The summed E-state index contributed by atoms with van der Waals surface area (Å²) in [5, 5.41) is 2.72. The number of methoxy groups -OCH3 is 2. The van der Waals surface area contributed by atoms with Gasteiger partial charge in [-0.25, -0.2) is 9.59 Å². The highest BCUT2D eigenvalue weighted by atomic mass is 16.5. The molecule has 1 aliphatic heterocycles. The van der Waals surface area contributed by atoms with E-state index >= 15 is 0 Å². The molecule has 1 aromatic rings. The van der Waals surface area contributed by atoms with Crippen LogP contribution in [0.3, 0.4) is 0 Å². The van der Waals surface area contributed by atoms with Gasteiger partial charge < -0.3 is 14.8 Å². The van der Waals surface area contributed by atoms with Crippen LogP contribution in [0.25, 0.3) is 0 Å². The predicted octanol–water partition coefficient (Wildman–Crippen LogP) is 1.93. The lowest BCUT2D eigenvalue weighted by Crippen LogP contribution is -2.39. The van der Waals surface area contributed by atoms with Gasteiger partial charge in [-0.15, -0.1) is 0 Å². The summed E-state index contributed by atoms with van der Waals surface area (Å²) in [7, 11) is 2.53. The lowest BCUT2D eigenvalue weighted by atomic mass is 10.0. The zero-order valence-electron chi connectivity index (χ0n) is 14.8. The molecule has 0 spiro atoms. The molecule has 7 nitrogen and oxygen atoms in total. The van der Waals surface area contributed by atoms with Gasteiger partial charge in [-0.05, 0) is 43.5 Å². The van der Waals surface area contributed by atoms with Crippen LogP contribution in [0, 0.1) is 5.92 Å². The zero-order valence-corrected chi connectivity index (χ0v) is 14.8. The minimum atomic E-state index is -0.585. The summed E-state index contributed by atoms with van der Waals surface area (Å²) in [6, 6.07) is 4.32. The highest BCUT2D eigenvalue weighted by Crippen LogP contribution is 2.20. The highest BCUT2D eigenvalue weighted by Gasteiger charge is 2.21. The van der Waals surface area contributed by atoms with Gasteiger partial charge in [0.2, 0.25) is 5.91 Å². The van der Waals surface area contributed by atoms with Crippen molar-refractivity contribution in [2.45, 2.75) is 19.8 Å². The number of ether oxygens (including phenoxy) is 2. The van der Waals surface area contributed by atoms with Crippen molar-refractivity contribution in [2.24, 2.45) is 5.92 Å². The summed E-state index contributed by atoms with van der Waals surface area (Å²) in [5.74, 6) is -0.800. The molecular formula is C18H24N2O5. The summed E-state index contributed by atoms with van der Waals surface area (Å²) >= 11 is 0. The Bertz CT molecular complexity index is 659. The van der Waals surface area contributed by atoms with E-state index < -0.39 is 11.9 Å². The van der Waals surface area contributed by atoms with Crippen molar-refractivity contribution in [1.82, 2.24) is 4.90 Å². The highest BCUT2D eigenvalue weighted by molar-refractivity contribution is 6.03. The quantitative estimate of drug-likeness (QED) is 0.819. The number of nitrogens with one attached hydrogen (secondary N) is 1. The fourth-order valence-electron chi connectivity index (χ4n) is 3.00. The number of carbonyl (C=O) groups excluding carboxylic acids is 3. The fraction of sp³-hybridized carbons (Fsp3) is 0.500. The average Bonchev–Trinajstić information content (AvgIpc) is 2.60. The number of carbonyl (C=O) groups is 3. The predicted molar refractivity (Wildman–Crippen MR) is 92.6 cm³/mol. The Labute approximate surface area is 147 Å². The third-order valence-corrected chi connectivity index (χ3v) is 4.23. The number of anilines is 1. The van der Waals surface area contributed by atoms with Gasteiger partial charge in [0.1, 0.15) is 0 Å². The van der Waals surface area contributed by atoms with E-state index in [0.29, 0.717) is 5.92 Å². The number of likely N-dealkylation sites (tertiary alicyclic amines) is 1. The van der Waals surface area contributed by atoms with Crippen LogP contribution in [0.1, 0.15) is 40.5 Å². The Kier molecular flexibility index (Phi) is 6.52. The second-order valence-electron chi connectivity index (χ2n) is 6.27. The molecule has 2 rings (SSSR count). The standard InChI is InChI=1S/C18H24N2O5/c1-12-5-4-8-20(10-12)11-16(21)19-15-9-13(17(22)24-2)6-7-14(15)18(23)25-3/h6-7,9,12H,4-5,8,10-11H2,1-3H3,(H,19,21). The Morgan fingerprint density at radius 1 is 1.20 bits per heavy atom. The third-order valence-electron chi connectivity index (χ3n) is 4.23. The first-order valence-electron chi connectivity index (χ1n) is 8.27. The average molecular weight is 348 g/mol. The Morgan fingerprint density at radius 2 is 1.92 bits per heavy atom. The topological polar surface area (TPSA) is 84.9 Å². The maximum atomic E-state index is 12.4. The summed E-state index contributed by atoms with van der Waals surface area (Å²) in [6.07, 6.45) is 2.24. The van der Waals surface area contributed by atoms with Crippen molar-refractivity contribution in [1.29, 1.82) is 0 Å². The summed E-state index contributed by atoms with van der Waals surface area (Å²) < 4.78 is 9.41. The maximum absolute atomic E-state index is 12.4. The molecule has 1 amide bonds. The van der Waals surface area contributed by atoms with E-state index in [4.69, 9.17) is 4.74 Å². The smallest absolute Gasteiger partial charge is 0.339 e. The molecule has 1 unspecified atom stereocenters. The van der Waals surface area contributed by atoms with Crippen molar-refractivity contribution in [3.63, 3.8) is 0 Å². The third kappa shape index (κ3) is 5.03. The molecule has 1 aromatic carbocycles. The Balaban J connectivity index is 2.15. The zero-order chi connectivity index (χ0) is 18.4. The normalized spacial score (nSPS) is 17.6. The van der Waals surface area contributed by atoms with Gasteiger partial charge in [0.15, 0.2) is 0 Å². The monoisotopic (exact) mass is 348 g/mol. The molecule has 1 fully saturated rings. The van der Waals surface area contributed by atoms with Crippen LogP contribution < -0.4 is 5.32 Å². The van der Waals surface area contributed by atoms with Gasteiger partial charge in [-0.3, -0.25) is 9.69 Å². The van der Waals surface area contributed by atoms with Gasteiger partial charge in [-0.2, -0.15) is 0 Å². The van der Waals surface area contributed by atoms with Gasteiger partial charge in [-0.1, -0.05) is 6.92 Å². The number of hydrogen-bond acceptors (Lipinski definition) is 6. The van der Waals surface area contributed by atoms with Crippen molar-refractivity contribution in [2.75, 3.05) is 39.2 Å². The number of nitrogens with zero attached hydrogens (tertiary/aromatic N) is 1. The maximum Gasteiger partial charge on any atom is 0.339 e. The molecule has 0 aromatic heterocycles. The van der Waals surface area contributed by atoms with Crippen molar-refractivity contribution in [3.05, 3.63) is 29.3 Å². The molecule has 1 atom stereocenters. The van der Waals surface area contributed by atoms with E-state index in [0.717, 1.165) is 19.5 Å². The number of hydrogen-bond donors (Lipinski definition) is 1. The largest absolute Gasteiger partial charge is 0.465 e. The molecule has 136 valence electrons. The van der Waals surface area contributed by atoms with Crippen LogP contribution in [-0.2, 0) is 14.3 Å². The van der Waals surface area contributed by atoms with Gasteiger partial charge in [0.05, 0.1) is 37.6 Å². The molecule has 7 heteroatoms. The molecule has 0 radical (unpaired) electrons. The van der Waals surface area contributed by atoms with Crippen molar-refractivity contribution < 1.29 is 23.9 Å². The molecule has 1 saturated heterocycles. The first kappa shape index (κ1) is 18.9. The van der Waals surface area contributed by atoms with E-state index in [9.17, 15) is 14.4 Å². The van der Waals surface area contributed by atoms with Crippen molar-refractivity contribution >= 4 is 23.5 Å². The molecular weight excluding hydrogens is 324 g/mol. The molecule has 0 bridgehead atoms. The summed E-state index contributed by atoms with van der Waals surface area (Å²) in [5.41, 5.74) is 0.678. The SMILES string of the molecule is COC(=O)c1ccc(C(=O)OC)c(NC(=O)CN2CCCC(C)C2)c1. The van der Waals surface area contributed by atoms with Gasteiger partial charge >= 0.3 is 11.9 Å². The first-order chi connectivity index (χ1) is 11.9. The van der Waals surface area contributed by atoms with E-state index in [1.807, 2.05) is 0 Å². The fourth-order valence-corrected chi connectivity index (χ4v) is 3.00. The number of rotatable bonds is 5. The minimum absolute atomic E-state index is 0.190. The van der Waals surface area contributed by atoms with Crippen LogP contribution in [0.5, 0.6) is 0 Å². The lowest BCUT2D eigenvalue weighted by Gasteiger charge is -2.30. The number of esters is 2. The molecule has 1 N–H and O–H groups in total. The second-order valence-corrected chi connectivity index (χ2v) is 6.27. The van der Waals surface area contributed by atoms with Crippen LogP contribution in [0.15, 0.2) is 18.2 Å². The Morgan fingerprint density at radius 3 is 2.56 bits per heavy atom. The Hall–Kier alpha value is -2.41. The van der Waals surface area contributed by atoms with Crippen LogP contribution in [0.4, 0.5) is 5.69 Å². The number of amides is 1. The van der Waals surface area contributed by atoms with Crippen LogP contribution >= 0.6 is 0 Å². The van der Waals surface area contributed by atoms with E-state index in [1.54, 1.807) is 0 Å². The van der Waals surface area contributed by atoms with Gasteiger partial charge in [0, 0.05) is 6.54 Å². The van der Waals surface area contributed by atoms with E-state index in [2.05, 4.69) is 21.9 Å². The molecule has 1 heterocycles. The first-order valence-corrected chi connectivity index (χ1v) is 8.27. The molecule has 1 aliphatic rings. The number of piperidine rings is 1. The summed E-state index contributed by atoms with van der Waals surface area (Å²) in [6.45, 7) is 4.16. The van der Waals surface area contributed by atoms with E-state index in [-0.39, 0.29) is 29.3 Å². The van der Waals surface area contributed by atoms with E-state index in [1.165, 1.54) is 38.8 Å². The molecule has 0 aliphatic carbocycles. The molecule has 25 heavy (non-hydrogen) atoms. The van der Waals surface area contributed by atoms with Crippen molar-refractivity contribution in [3.8, 4) is 0 Å². The van der Waals surface area contributed by atoms with Gasteiger partial charge in [0.25, 0.3) is 0 Å². The number of benzene rings is 1. The second kappa shape index (κ2) is 8.62. The molecule has 0 saturated carbocycles.